The van der Waals surface area contributed by atoms with E-state index in [9.17, 15) is 22.8 Å². The monoisotopic (exact) mass is 450 g/mol. The fraction of sp³-hybridized carbons (Fsp3) is 0.304. The Morgan fingerprint density at radius 1 is 1.09 bits per heavy atom. The summed E-state index contributed by atoms with van der Waals surface area (Å²) in [6.07, 6.45) is -1.66. The maximum absolute atomic E-state index is 12.3. The number of halogens is 3. The van der Waals surface area contributed by atoms with Crippen LogP contribution < -0.4 is 20.1 Å². The maximum Gasteiger partial charge on any atom is 0.405 e. The molecule has 0 heterocycles. The molecule has 0 aromatic heterocycles. The van der Waals surface area contributed by atoms with Gasteiger partial charge in [0.1, 0.15) is 6.54 Å². The van der Waals surface area contributed by atoms with Gasteiger partial charge in [0, 0.05) is 17.3 Å². The first-order chi connectivity index (χ1) is 15.0. The van der Waals surface area contributed by atoms with E-state index in [1.165, 1.54) is 25.3 Å². The van der Waals surface area contributed by atoms with Crippen LogP contribution in [-0.2, 0) is 4.79 Å². The third-order valence-electron chi connectivity index (χ3n) is 4.18. The Morgan fingerprint density at radius 2 is 1.81 bits per heavy atom. The molecule has 0 spiro atoms. The summed E-state index contributed by atoms with van der Waals surface area (Å²) in [5, 5.41) is 4.43. The van der Waals surface area contributed by atoms with Crippen LogP contribution in [0.25, 0.3) is 6.08 Å². The summed E-state index contributed by atoms with van der Waals surface area (Å²) in [5.74, 6) is -0.249. The number of nitrogens with one attached hydrogen (secondary N) is 2. The van der Waals surface area contributed by atoms with Gasteiger partial charge in [0.2, 0.25) is 5.91 Å². The van der Waals surface area contributed by atoms with Crippen molar-refractivity contribution in [2.24, 2.45) is 0 Å². The lowest BCUT2D eigenvalue weighted by molar-refractivity contribution is -0.123. The van der Waals surface area contributed by atoms with Crippen molar-refractivity contribution in [1.82, 2.24) is 5.32 Å². The first-order valence-electron chi connectivity index (χ1n) is 9.78. The molecule has 6 nitrogen and oxygen atoms in total. The zero-order valence-electron chi connectivity index (χ0n) is 18.2. The zero-order chi connectivity index (χ0) is 23.9. The summed E-state index contributed by atoms with van der Waals surface area (Å²) >= 11 is 0. The Balaban J connectivity index is 2.09. The van der Waals surface area contributed by atoms with Crippen molar-refractivity contribution in [2.75, 3.05) is 19.0 Å². The number of ether oxygens (including phenoxy) is 2. The molecule has 0 atom stereocenters. The molecule has 2 aromatic carbocycles. The quantitative estimate of drug-likeness (QED) is 0.570. The van der Waals surface area contributed by atoms with E-state index in [-0.39, 0.29) is 11.7 Å². The molecule has 0 saturated heterocycles. The van der Waals surface area contributed by atoms with E-state index in [4.69, 9.17) is 9.47 Å². The van der Waals surface area contributed by atoms with Gasteiger partial charge in [-0.2, -0.15) is 13.2 Å². The second-order valence-corrected chi connectivity index (χ2v) is 7.23. The molecule has 0 unspecified atom stereocenters. The van der Waals surface area contributed by atoms with Crippen LogP contribution in [-0.4, -0.2) is 37.7 Å². The number of rotatable bonds is 8. The Bertz CT molecular complexity index is 1000. The summed E-state index contributed by atoms with van der Waals surface area (Å²) in [4.78, 5) is 24.3. The van der Waals surface area contributed by atoms with Crippen molar-refractivity contribution in [2.45, 2.75) is 33.1 Å². The van der Waals surface area contributed by atoms with Crippen LogP contribution in [0.4, 0.5) is 18.9 Å². The smallest absolute Gasteiger partial charge is 0.405 e. The molecule has 0 radical (unpaired) electrons. The molecule has 0 bridgehead atoms. The summed E-state index contributed by atoms with van der Waals surface area (Å²) in [7, 11) is 1.52. The third-order valence-corrected chi connectivity index (χ3v) is 4.18. The fourth-order valence-corrected chi connectivity index (χ4v) is 2.67. The molecule has 172 valence electrons. The number of alkyl halides is 3. The normalized spacial score (nSPS) is 11.5. The lowest BCUT2D eigenvalue weighted by Gasteiger charge is -2.13. The number of hydrogen-bond donors (Lipinski definition) is 2. The van der Waals surface area contributed by atoms with Gasteiger partial charge < -0.3 is 20.1 Å². The van der Waals surface area contributed by atoms with E-state index in [0.717, 1.165) is 0 Å². The SMILES string of the molecule is COc1cc(/C=C/C(=O)Nc2cc(C(=O)NCC(F)(F)F)ccc2C)ccc1OC(C)C. The molecular weight excluding hydrogens is 425 g/mol. The van der Waals surface area contributed by atoms with Crippen LogP contribution in [0.5, 0.6) is 11.5 Å². The van der Waals surface area contributed by atoms with E-state index in [1.807, 2.05) is 13.8 Å². The average molecular weight is 450 g/mol. The lowest BCUT2D eigenvalue weighted by Crippen LogP contribution is -2.33. The molecule has 0 saturated carbocycles. The standard InChI is InChI=1S/C23H25F3N2O4/c1-14(2)32-19-9-6-16(11-20(19)31-4)7-10-21(29)28-18-12-17(8-5-15(18)3)22(30)27-13-23(24,25)26/h5-12,14H,13H2,1-4H3,(H,27,30)(H,28,29)/b10-7+. The first kappa shape index (κ1) is 24.8. The van der Waals surface area contributed by atoms with Gasteiger partial charge in [-0.3, -0.25) is 9.59 Å². The molecule has 2 amide bonds. The average Bonchev–Trinajstić information content (AvgIpc) is 2.72. The van der Waals surface area contributed by atoms with Gasteiger partial charge in [0.05, 0.1) is 13.2 Å². The molecule has 0 aliphatic heterocycles. The minimum Gasteiger partial charge on any atom is -0.493 e. The number of carbonyl (C=O) groups is 2. The Morgan fingerprint density at radius 3 is 2.44 bits per heavy atom. The number of benzene rings is 2. The molecule has 0 fully saturated rings. The summed E-state index contributed by atoms with van der Waals surface area (Å²) in [6, 6.07) is 9.48. The number of carbonyl (C=O) groups excluding carboxylic acids is 2. The molecular formula is C23H25F3N2O4. The van der Waals surface area contributed by atoms with Gasteiger partial charge in [0.25, 0.3) is 5.91 Å². The second-order valence-electron chi connectivity index (χ2n) is 7.23. The Hall–Kier alpha value is -3.49. The highest BCUT2D eigenvalue weighted by atomic mass is 19.4. The van der Waals surface area contributed by atoms with Gasteiger partial charge in [-0.1, -0.05) is 12.1 Å². The largest absolute Gasteiger partial charge is 0.493 e. The predicted octanol–water partition coefficient (Wildman–Crippen LogP) is 4.73. The summed E-state index contributed by atoms with van der Waals surface area (Å²) < 4.78 is 47.9. The van der Waals surface area contributed by atoms with E-state index in [0.29, 0.717) is 28.3 Å². The Labute approximate surface area is 184 Å². The summed E-state index contributed by atoms with van der Waals surface area (Å²) in [5.41, 5.74) is 1.67. The predicted molar refractivity (Wildman–Crippen MR) is 116 cm³/mol. The van der Waals surface area contributed by atoms with Crippen molar-refractivity contribution in [3.63, 3.8) is 0 Å². The van der Waals surface area contributed by atoms with Crippen LogP contribution in [0.15, 0.2) is 42.5 Å². The molecule has 9 heteroatoms. The minimum absolute atomic E-state index is 0.00427. The number of anilines is 1. The first-order valence-corrected chi connectivity index (χ1v) is 9.78. The molecule has 2 N–H and O–H groups in total. The van der Waals surface area contributed by atoms with Gasteiger partial charge in [0.15, 0.2) is 11.5 Å². The number of amides is 2. The number of methoxy groups -OCH3 is 1. The van der Waals surface area contributed by atoms with Crippen LogP contribution in [0.1, 0.15) is 35.3 Å². The van der Waals surface area contributed by atoms with Gasteiger partial charge in [-0.05, 0) is 62.2 Å². The second kappa shape index (κ2) is 10.7. The van der Waals surface area contributed by atoms with Gasteiger partial charge in [-0.15, -0.1) is 0 Å². The van der Waals surface area contributed by atoms with E-state index in [1.54, 1.807) is 42.6 Å². The van der Waals surface area contributed by atoms with Crippen molar-refractivity contribution in [1.29, 1.82) is 0 Å². The number of hydrogen-bond acceptors (Lipinski definition) is 4. The van der Waals surface area contributed by atoms with Crippen LogP contribution >= 0.6 is 0 Å². The number of aryl methyl sites for hydroxylation is 1. The van der Waals surface area contributed by atoms with E-state index >= 15 is 0 Å². The Kier molecular flexibility index (Phi) is 8.28. The highest BCUT2D eigenvalue weighted by Crippen LogP contribution is 2.29. The molecule has 2 aromatic rings. The molecule has 0 aliphatic rings. The van der Waals surface area contributed by atoms with Crippen molar-refractivity contribution in [3.8, 4) is 11.5 Å². The molecule has 32 heavy (non-hydrogen) atoms. The minimum atomic E-state index is -4.51. The highest BCUT2D eigenvalue weighted by molar-refractivity contribution is 6.03. The van der Waals surface area contributed by atoms with Crippen molar-refractivity contribution < 1.29 is 32.2 Å². The van der Waals surface area contributed by atoms with Crippen molar-refractivity contribution >= 4 is 23.6 Å². The zero-order valence-corrected chi connectivity index (χ0v) is 18.2. The van der Waals surface area contributed by atoms with E-state index < -0.39 is 24.5 Å². The van der Waals surface area contributed by atoms with Crippen molar-refractivity contribution in [3.05, 3.63) is 59.2 Å². The van der Waals surface area contributed by atoms with E-state index in [2.05, 4.69) is 5.32 Å². The lowest BCUT2D eigenvalue weighted by atomic mass is 10.1. The molecule has 0 aliphatic carbocycles. The van der Waals surface area contributed by atoms with Crippen LogP contribution in [0.3, 0.4) is 0 Å². The topological polar surface area (TPSA) is 76.7 Å². The highest BCUT2D eigenvalue weighted by Gasteiger charge is 2.28. The van der Waals surface area contributed by atoms with Crippen LogP contribution in [0, 0.1) is 6.92 Å². The van der Waals surface area contributed by atoms with Gasteiger partial charge in [-0.25, -0.2) is 0 Å². The van der Waals surface area contributed by atoms with Crippen LogP contribution in [0.2, 0.25) is 0 Å². The summed E-state index contributed by atoms with van der Waals surface area (Å²) in [6.45, 7) is 4.06. The third kappa shape index (κ3) is 7.64. The van der Waals surface area contributed by atoms with Gasteiger partial charge >= 0.3 is 6.18 Å². The fourth-order valence-electron chi connectivity index (χ4n) is 2.67. The molecule has 2 rings (SSSR count). The maximum atomic E-state index is 12.3.